The summed E-state index contributed by atoms with van der Waals surface area (Å²) >= 11 is 0. The molecule has 156 valence electrons. The summed E-state index contributed by atoms with van der Waals surface area (Å²) in [4.78, 5) is 25.2. The van der Waals surface area contributed by atoms with E-state index in [4.69, 9.17) is 0 Å². The molecule has 8 heteroatoms. The minimum atomic E-state index is -4.56. The number of hydrogen-bond acceptors (Lipinski definition) is 2. The van der Waals surface area contributed by atoms with Crippen LogP contribution in [0.3, 0.4) is 0 Å². The lowest BCUT2D eigenvalue weighted by atomic mass is 10.1. The molecule has 5 nitrogen and oxygen atoms in total. The molecule has 0 aliphatic heterocycles. The van der Waals surface area contributed by atoms with Gasteiger partial charge in [0, 0.05) is 0 Å². The third-order valence-electron chi connectivity index (χ3n) is 4.50. The van der Waals surface area contributed by atoms with Crippen molar-refractivity contribution in [2.45, 2.75) is 26.1 Å². The summed E-state index contributed by atoms with van der Waals surface area (Å²) in [6.45, 7) is 4.07. The number of halogens is 3. The van der Waals surface area contributed by atoms with Gasteiger partial charge in [0.2, 0.25) is 0 Å². The summed E-state index contributed by atoms with van der Waals surface area (Å²) in [6.07, 6.45) is -4.56. The molecule has 29 heavy (non-hydrogen) atoms. The van der Waals surface area contributed by atoms with Gasteiger partial charge in [-0.1, -0.05) is 42.5 Å². The van der Waals surface area contributed by atoms with Crippen molar-refractivity contribution in [2.24, 2.45) is 0 Å². The van der Waals surface area contributed by atoms with E-state index in [0.717, 1.165) is 11.6 Å². The molecule has 0 aliphatic carbocycles. The number of hydrogen-bond donors (Lipinski definition) is 3. The van der Waals surface area contributed by atoms with E-state index in [-0.39, 0.29) is 30.7 Å². The number of rotatable bonds is 8. The van der Waals surface area contributed by atoms with Crippen LogP contribution in [0.1, 0.15) is 31.0 Å². The van der Waals surface area contributed by atoms with E-state index in [0.29, 0.717) is 11.4 Å². The van der Waals surface area contributed by atoms with Crippen LogP contribution in [-0.2, 0) is 15.8 Å². The number of carbonyl (C=O) groups is 2. The van der Waals surface area contributed by atoms with Crippen LogP contribution >= 0.6 is 0 Å². The first-order valence-electron chi connectivity index (χ1n) is 9.34. The van der Waals surface area contributed by atoms with Crippen molar-refractivity contribution in [1.82, 2.24) is 5.32 Å². The molecule has 0 fully saturated rings. The van der Waals surface area contributed by atoms with Gasteiger partial charge in [0.25, 0.3) is 11.8 Å². The highest BCUT2D eigenvalue weighted by Gasteiger charge is 2.33. The van der Waals surface area contributed by atoms with Gasteiger partial charge in [-0.05, 0) is 31.5 Å². The molecule has 3 N–H and O–H groups in total. The van der Waals surface area contributed by atoms with E-state index in [9.17, 15) is 22.8 Å². The monoisotopic (exact) mass is 408 g/mol. The molecule has 2 atom stereocenters. The Balaban J connectivity index is 1.93. The Labute approximate surface area is 167 Å². The maximum absolute atomic E-state index is 13.1. The van der Waals surface area contributed by atoms with Gasteiger partial charge >= 0.3 is 6.18 Å². The highest BCUT2D eigenvalue weighted by Crippen LogP contribution is 2.34. The topological polar surface area (TPSA) is 62.6 Å². The molecule has 2 aromatic rings. The molecule has 0 aromatic heterocycles. The predicted molar refractivity (Wildman–Crippen MR) is 104 cm³/mol. The summed E-state index contributed by atoms with van der Waals surface area (Å²) in [5, 5.41) is 5.18. The van der Waals surface area contributed by atoms with Crippen molar-refractivity contribution in [3.05, 3.63) is 65.7 Å². The van der Waals surface area contributed by atoms with Crippen molar-refractivity contribution in [1.29, 1.82) is 0 Å². The Morgan fingerprint density at radius 1 is 0.966 bits per heavy atom. The molecule has 0 saturated carbocycles. The zero-order chi connectivity index (χ0) is 21.4. The minimum absolute atomic E-state index is 0.0437. The van der Waals surface area contributed by atoms with Crippen molar-refractivity contribution in [3.63, 3.8) is 0 Å². The Morgan fingerprint density at radius 3 is 2.17 bits per heavy atom. The molecule has 1 unspecified atom stereocenters. The molecule has 0 radical (unpaired) electrons. The highest BCUT2D eigenvalue weighted by atomic mass is 19.4. The minimum Gasteiger partial charge on any atom is -0.345 e. The molecular formula is C21H25F3N3O2+. The first-order chi connectivity index (χ1) is 13.7. The molecule has 2 rings (SSSR count). The van der Waals surface area contributed by atoms with Crippen LogP contribution in [0.4, 0.5) is 18.9 Å². The van der Waals surface area contributed by atoms with Crippen LogP contribution in [0.25, 0.3) is 0 Å². The van der Waals surface area contributed by atoms with Gasteiger partial charge in [-0.25, -0.2) is 0 Å². The lowest BCUT2D eigenvalue weighted by molar-refractivity contribution is -0.881. The second kappa shape index (κ2) is 10.1. The molecular weight excluding hydrogens is 383 g/mol. The average Bonchev–Trinajstić information content (AvgIpc) is 2.67. The second-order valence-corrected chi connectivity index (χ2v) is 6.75. The van der Waals surface area contributed by atoms with E-state index in [1.54, 1.807) is 6.92 Å². The number of anilines is 1. The highest BCUT2D eigenvalue weighted by molar-refractivity contribution is 5.92. The van der Waals surface area contributed by atoms with E-state index in [1.807, 2.05) is 37.3 Å². The number of amides is 2. The number of alkyl halides is 3. The van der Waals surface area contributed by atoms with Gasteiger partial charge in [-0.2, -0.15) is 13.2 Å². The number of para-hydroxylation sites is 1. The fraction of sp³-hybridized carbons (Fsp3) is 0.333. The van der Waals surface area contributed by atoms with Crippen LogP contribution in [-0.4, -0.2) is 31.4 Å². The quantitative estimate of drug-likeness (QED) is 0.628. The zero-order valence-electron chi connectivity index (χ0n) is 16.3. The molecule has 0 bridgehead atoms. The molecule has 0 spiro atoms. The van der Waals surface area contributed by atoms with Crippen LogP contribution in [0.5, 0.6) is 0 Å². The number of quaternary nitrogens is 1. The SMILES string of the molecule is CC[NH+](CC(=O)Nc1ccccc1C(F)(F)F)CC(=O)N[C@@H](C)c1ccccc1. The summed E-state index contributed by atoms with van der Waals surface area (Å²) in [5.41, 5.74) is -0.233. The summed E-state index contributed by atoms with van der Waals surface area (Å²) in [7, 11) is 0. The fourth-order valence-electron chi connectivity index (χ4n) is 2.92. The standard InChI is InChI=1S/C21H24F3N3O2/c1-3-27(13-19(28)25-15(2)16-9-5-4-6-10-16)14-20(29)26-18-12-8-7-11-17(18)21(22,23)24/h4-12,15H,3,13-14H2,1-2H3,(H,25,28)(H,26,29)/p+1/t15-/m0/s1. The third kappa shape index (κ3) is 6.90. The Hall–Kier alpha value is -2.87. The van der Waals surface area contributed by atoms with Crippen LogP contribution < -0.4 is 15.5 Å². The number of nitrogens with one attached hydrogen (secondary N) is 3. The number of likely N-dealkylation sites (N-methyl/N-ethyl adjacent to an activating group) is 1. The summed E-state index contributed by atoms with van der Waals surface area (Å²) < 4.78 is 39.2. The fourth-order valence-corrected chi connectivity index (χ4v) is 2.92. The Morgan fingerprint density at radius 2 is 1.55 bits per heavy atom. The second-order valence-electron chi connectivity index (χ2n) is 6.75. The smallest absolute Gasteiger partial charge is 0.345 e. The molecule has 0 saturated heterocycles. The van der Waals surface area contributed by atoms with Crippen LogP contribution in [0, 0.1) is 0 Å². The lowest BCUT2D eigenvalue weighted by Crippen LogP contribution is -3.14. The first kappa shape index (κ1) is 22.4. The van der Waals surface area contributed by atoms with Gasteiger partial charge in [-0.3, -0.25) is 9.59 Å². The van der Waals surface area contributed by atoms with E-state index >= 15 is 0 Å². The Bertz CT molecular complexity index is 825. The molecule has 0 heterocycles. The first-order valence-corrected chi connectivity index (χ1v) is 9.34. The van der Waals surface area contributed by atoms with Crippen molar-refractivity contribution >= 4 is 17.5 Å². The van der Waals surface area contributed by atoms with Crippen molar-refractivity contribution in [2.75, 3.05) is 25.0 Å². The van der Waals surface area contributed by atoms with Crippen molar-refractivity contribution in [3.8, 4) is 0 Å². The van der Waals surface area contributed by atoms with E-state index in [1.165, 1.54) is 18.2 Å². The summed E-state index contributed by atoms with van der Waals surface area (Å²) in [6, 6.07) is 14.1. The van der Waals surface area contributed by atoms with E-state index in [2.05, 4.69) is 10.6 Å². The van der Waals surface area contributed by atoms with Gasteiger partial charge < -0.3 is 15.5 Å². The predicted octanol–water partition coefficient (Wildman–Crippen LogP) is 2.43. The Kier molecular flexibility index (Phi) is 7.78. The molecule has 2 aromatic carbocycles. The number of benzene rings is 2. The lowest BCUT2D eigenvalue weighted by Gasteiger charge is -2.20. The maximum Gasteiger partial charge on any atom is 0.418 e. The largest absolute Gasteiger partial charge is 0.418 e. The van der Waals surface area contributed by atoms with Gasteiger partial charge in [0.05, 0.1) is 23.8 Å². The third-order valence-corrected chi connectivity index (χ3v) is 4.50. The van der Waals surface area contributed by atoms with Crippen LogP contribution in [0.15, 0.2) is 54.6 Å². The van der Waals surface area contributed by atoms with Crippen molar-refractivity contribution < 1.29 is 27.7 Å². The van der Waals surface area contributed by atoms with E-state index < -0.39 is 17.6 Å². The van der Waals surface area contributed by atoms with Gasteiger partial charge in [0.1, 0.15) is 0 Å². The average molecular weight is 408 g/mol. The van der Waals surface area contributed by atoms with Crippen LogP contribution in [0.2, 0.25) is 0 Å². The maximum atomic E-state index is 13.1. The normalized spacial score (nSPS) is 13.4. The number of carbonyl (C=O) groups excluding carboxylic acids is 2. The molecule has 0 aliphatic rings. The van der Waals surface area contributed by atoms with Gasteiger partial charge in [-0.15, -0.1) is 0 Å². The van der Waals surface area contributed by atoms with Gasteiger partial charge in [0.15, 0.2) is 13.1 Å². The zero-order valence-corrected chi connectivity index (χ0v) is 16.3. The summed E-state index contributed by atoms with van der Waals surface area (Å²) in [5.74, 6) is -0.816. The molecule has 2 amide bonds.